The van der Waals surface area contributed by atoms with Crippen LogP contribution in [-0.2, 0) is 18.4 Å². The van der Waals surface area contributed by atoms with E-state index in [-0.39, 0.29) is 12.4 Å². The summed E-state index contributed by atoms with van der Waals surface area (Å²) in [5.41, 5.74) is 5.09. The molecule has 0 saturated heterocycles. The van der Waals surface area contributed by atoms with Crippen LogP contribution in [-0.4, -0.2) is 26.4 Å². The average Bonchev–Trinajstić information content (AvgIpc) is 2.77. The number of ether oxygens (including phenoxy) is 1. The highest BCUT2D eigenvalue weighted by atomic mass is 35.5. The van der Waals surface area contributed by atoms with Crippen LogP contribution in [0.5, 0.6) is 5.75 Å². The van der Waals surface area contributed by atoms with Gasteiger partial charge in [0, 0.05) is 12.1 Å². The highest BCUT2D eigenvalue weighted by Crippen LogP contribution is 2.18. The molecule has 0 spiro atoms. The van der Waals surface area contributed by atoms with Crippen molar-refractivity contribution < 1.29 is 9.53 Å². The monoisotopic (exact) mass is 312 g/mol. The highest BCUT2D eigenvalue weighted by Gasteiger charge is 2.10. The molecule has 1 heterocycles. The lowest BCUT2D eigenvalue weighted by Crippen LogP contribution is -2.13. The van der Waals surface area contributed by atoms with Gasteiger partial charge in [-0.05, 0) is 24.3 Å². The molecule has 2 aromatic rings. The zero-order valence-electron chi connectivity index (χ0n) is 10.7. The number of rotatable bonds is 6. The molecule has 0 unspecified atom stereocenters. The van der Waals surface area contributed by atoms with E-state index >= 15 is 0 Å². The summed E-state index contributed by atoms with van der Waals surface area (Å²) in [5.74, 6) is 1.14. The maximum Gasteiger partial charge on any atom is 0.227 e. The number of carbonyl (C=O) groups is 1. The van der Waals surface area contributed by atoms with Crippen molar-refractivity contribution in [1.29, 1.82) is 0 Å². The fraction of sp³-hybridized carbons (Fsp3) is 0.250. The maximum absolute atomic E-state index is 10.7. The first kappa shape index (κ1) is 14.7. The first-order valence-electron chi connectivity index (χ1n) is 5.74. The summed E-state index contributed by atoms with van der Waals surface area (Å²) in [6, 6.07) is 7.06. The number of aromatic nitrogens is 3. The van der Waals surface area contributed by atoms with E-state index in [1.165, 1.54) is 11.8 Å². The quantitative estimate of drug-likeness (QED) is 0.820. The highest BCUT2D eigenvalue weighted by molar-refractivity contribution is 7.99. The van der Waals surface area contributed by atoms with Crippen LogP contribution in [0.25, 0.3) is 0 Å². The summed E-state index contributed by atoms with van der Waals surface area (Å²) in [6.07, 6.45) is 0. The summed E-state index contributed by atoms with van der Waals surface area (Å²) < 4.78 is 7.35. The van der Waals surface area contributed by atoms with E-state index in [1.54, 1.807) is 28.8 Å². The molecule has 1 aromatic heterocycles. The van der Waals surface area contributed by atoms with E-state index in [9.17, 15) is 4.79 Å². The molecule has 1 aromatic carbocycles. The fourth-order valence-corrected chi connectivity index (χ4v) is 2.21. The molecule has 0 aliphatic rings. The molecule has 0 saturated carbocycles. The topological polar surface area (TPSA) is 83.0 Å². The Morgan fingerprint density at radius 3 is 2.75 bits per heavy atom. The molecule has 0 fully saturated rings. The molecule has 0 aliphatic carbocycles. The zero-order chi connectivity index (χ0) is 14.5. The smallest absolute Gasteiger partial charge is 0.227 e. The van der Waals surface area contributed by atoms with Crippen LogP contribution in [0.1, 0.15) is 5.82 Å². The minimum Gasteiger partial charge on any atom is -0.486 e. The van der Waals surface area contributed by atoms with Crippen molar-refractivity contribution in [2.45, 2.75) is 11.8 Å². The van der Waals surface area contributed by atoms with E-state index in [4.69, 9.17) is 22.1 Å². The number of carbonyl (C=O) groups excluding carboxylic acids is 1. The molecule has 2 rings (SSSR count). The fourth-order valence-electron chi connectivity index (χ4n) is 1.41. The lowest BCUT2D eigenvalue weighted by molar-refractivity contribution is -0.115. The average molecular weight is 313 g/mol. The second-order valence-electron chi connectivity index (χ2n) is 3.96. The van der Waals surface area contributed by atoms with Crippen molar-refractivity contribution in [2.24, 2.45) is 12.8 Å². The summed E-state index contributed by atoms with van der Waals surface area (Å²) in [6.45, 7) is 0.280. The van der Waals surface area contributed by atoms with Crippen LogP contribution in [0.3, 0.4) is 0 Å². The Labute approximate surface area is 125 Å². The van der Waals surface area contributed by atoms with E-state index in [0.29, 0.717) is 21.8 Å². The van der Waals surface area contributed by atoms with Crippen LogP contribution in [0, 0.1) is 0 Å². The molecule has 0 radical (unpaired) electrons. The number of hydrogen-bond donors (Lipinski definition) is 1. The Balaban J connectivity index is 1.96. The van der Waals surface area contributed by atoms with Crippen LogP contribution in [0.4, 0.5) is 0 Å². The van der Waals surface area contributed by atoms with Crippen molar-refractivity contribution >= 4 is 29.3 Å². The van der Waals surface area contributed by atoms with Gasteiger partial charge in [0.1, 0.15) is 12.4 Å². The molecule has 0 atom stereocenters. The molecule has 0 bridgehead atoms. The lowest BCUT2D eigenvalue weighted by Gasteiger charge is -2.06. The van der Waals surface area contributed by atoms with Crippen molar-refractivity contribution in [2.75, 3.05) is 5.75 Å². The number of primary amides is 1. The molecule has 8 heteroatoms. The standard InChI is InChI=1S/C12H13ClN4O2S/c1-17-11(15-16-12(17)20-7-10(14)18)6-19-9-4-2-8(13)3-5-9/h2-5H,6-7H2,1H3,(H2,14,18). The van der Waals surface area contributed by atoms with Gasteiger partial charge in [0.05, 0.1) is 5.75 Å². The largest absolute Gasteiger partial charge is 0.486 e. The minimum atomic E-state index is -0.392. The van der Waals surface area contributed by atoms with Gasteiger partial charge in [-0.1, -0.05) is 23.4 Å². The summed E-state index contributed by atoms with van der Waals surface area (Å²) in [5, 5.41) is 9.27. The third-order valence-electron chi connectivity index (χ3n) is 2.45. The number of hydrogen-bond acceptors (Lipinski definition) is 5. The Kier molecular flexibility index (Phi) is 4.86. The molecule has 0 aliphatic heterocycles. The first-order chi connectivity index (χ1) is 9.56. The van der Waals surface area contributed by atoms with Crippen LogP contribution < -0.4 is 10.5 Å². The van der Waals surface area contributed by atoms with Crippen molar-refractivity contribution in [1.82, 2.24) is 14.8 Å². The van der Waals surface area contributed by atoms with Crippen molar-refractivity contribution in [3.05, 3.63) is 35.1 Å². The predicted octanol–water partition coefficient (Wildman–Crippen LogP) is 1.62. The van der Waals surface area contributed by atoms with Gasteiger partial charge in [-0.15, -0.1) is 10.2 Å². The van der Waals surface area contributed by atoms with Crippen LogP contribution in [0.2, 0.25) is 5.02 Å². The summed E-state index contributed by atoms with van der Waals surface area (Å²) in [4.78, 5) is 10.7. The SMILES string of the molecule is Cn1c(COc2ccc(Cl)cc2)nnc1SCC(N)=O. The normalized spacial score (nSPS) is 10.5. The second-order valence-corrected chi connectivity index (χ2v) is 5.33. The molecule has 106 valence electrons. The molecule has 2 N–H and O–H groups in total. The van der Waals surface area contributed by atoms with E-state index in [0.717, 1.165) is 0 Å². The van der Waals surface area contributed by atoms with Crippen molar-refractivity contribution in [3.8, 4) is 5.75 Å². The third-order valence-corrected chi connectivity index (χ3v) is 3.74. The molecule has 1 amide bonds. The van der Waals surface area contributed by atoms with Gasteiger partial charge < -0.3 is 15.0 Å². The van der Waals surface area contributed by atoms with E-state index < -0.39 is 5.91 Å². The first-order valence-corrected chi connectivity index (χ1v) is 7.10. The lowest BCUT2D eigenvalue weighted by atomic mass is 10.3. The van der Waals surface area contributed by atoms with Crippen LogP contribution in [0.15, 0.2) is 29.4 Å². The zero-order valence-corrected chi connectivity index (χ0v) is 12.3. The minimum absolute atomic E-state index is 0.171. The number of amides is 1. The van der Waals surface area contributed by atoms with Gasteiger partial charge >= 0.3 is 0 Å². The van der Waals surface area contributed by atoms with Crippen molar-refractivity contribution in [3.63, 3.8) is 0 Å². The number of thioether (sulfide) groups is 1. The molecular formula is C12H13ClN4O2S. The Morgan fingerprint density at radius 2 is 2.10 bits per heavy atom. The van der Waals surface area contributed by atoms with Crippen LogP contribution >= 0.6 is 23.4 Å². The van der Waals surface area contributed by atoms with E-state index in [1.807, 2.05) is 7.05 Å². The van der Waals surface area contributed by atoms with Gasteiger partial charge in [0.25, 0.3) is 0 Å². The predicted molar refractivity (Wildman–Crippen MR) is 76.7 cm³/mol. The Hall–Kier alpha value is -1.73. The molecular weight excluding hydrogens is 300 g/mol. The number of benzene rings is 1. The third kappa shape index (κ3) is 3.88. The molecule has 6 nitrogen and oxygen atoms in total. The second kappa shape index (κ2) is 6.62. The summed E-state index contributed by atoms with van der Waals surface area (Å²) >= 11 is 7.04. The van der Waals surface area contributed by atoms with Gasteiger partial charge in [0.15, 0.2) is 11.0 Å². The summed E-state index contributed by atoms with van der Waals surface area (Å²) in [7, 11) is 1.81. The van der Waals surface area contributed by atoms with Gasteiger partial charge in [-0.2, -0.15) is 0 Å². The number of nitrogens with zero attached hydrogens (tertiary/aromatic N) is 3. The van der Waals surface area contributed by atoms with Gasteiger partial charge in [-0.25, -0.2) is 0 Å². The number of halogens is 1. The van der Waals surface area contributed by atoms with E-state index in [2.05, 4.69) is 10.2 Å². The molecule has 20 heavy (non-hydrogen) atoms. The van der Waals surface area contributed by atoms with Gasteiger partial charge in [0.2, 0.25) is 5.91 Å². The maximum atomic E-state index is 10.7. The van der Waals surface area contributed by atoms with Gasteiger partial charge in [-0.3, -0.25) is 4.79 Å². The Morgan fingerprint density at radius 1 is 1.40 bits per heavy atom. The Bertz CT molecular complexity index is 600. The number of nitrogens with two attached hydrogens (primary N) is 1.